The number of hydrogen-bond donors (Lipinski definition) is 0. The molecule has 90 valence electrons. The summed E-state index contributed by atoms with van der Waals surface area (Å²) in [5.74, 6) is 2.11. The molecule has 0 aliphatic carbocycles. The summed E-state index contributed by atoms with van der Waals surface area (Å²) in [6.07, 6.45) is 3.42. The molecule has 0 aromatic heterocycles. The van der Waals surface area contributed by atoms with E-state index >= 15 is 0 Å². The molecule has 3 heteroatoms. The third-order valence-electron chi connectivity index (χ3n) is 5.02. The van der Waals surface area contributed by atoms with Gasteiger partial charge in [0.05, 0.1) is 6.04 Å². The van der Waals surface area contributed by atoms with Gasteiger partial charge in [0.2, 0.25) is 0 Å². The Morgan fingerprint density at radius 1 is 1.31 bits per heavy atom. The number of fused-ring (bicyclic) bond motifs is 2. The van der Waals surface area contributed by atoms with Crippen molar-refractivity contribution in [3.63, 3.8) is 0 Å². The third kappa shape index (κ3) is 1.37. The van der Waals surface area contributed by atoms with Gasteiger partial charge in [-0.3, -0.25) is 14.6 Å². The standard InChI is InChI=1S/C13H22N2O/c1-3-11(16)13-12-10(8-14(13)2)9-4-6-15(12)7-5-9/h9-10,12-13H,3-8H2,1-2H3. The van der Waals surface area contributed by atoms with Gasteiger partial charge in [-0.25, -0.2) is 0 Å². The van der Waals surface area contributed by atoms with Crippen LogP contribution in [0.4, 0.5) is 0 Å². The maximum absolute atomic E-state index is 12.1. The smallest absolute Gasteiger partial charge is 0.151 e. The topological polar surface area (TPSA) is 23.6 Å². The van der Waals surface area contributed by atoms with Gasteiger partial charge in [0.1, 0.15) is 0 Å². The average Bonchev–Trinajstić information content (AvgIpc) is 2.68. The van der Waals surface area contributed by atoms with Gasteiger partial charge < -0.3 is 0 Å². The first-order valence-corrected chi connectivity index (χ1v) is 6.69. The van der Waals surface area contributed by atoms with Crippen LogP contribution in [-0.2, 0) is 4.79 Å². The summed E-state index contributed by atoms with van der Waals surface area (Å²) in [6.45, 7) is 5.60. The lowest BCUT2D eigenvalue weighted by atomic mass is 9.73. The quantitative estimate of drug-likeness (QED) is 0.696. The second-order valence-corrected chi connectivity index (χ2v) is 5.73. The van der Waals surface area contributed by atoms with Crippen LogP contribution in [-0.4, -0.2) is 54.3 Å². The molecule has 0 N–H and O–H groups in total. The van der Waals surface area contributed by atoms with Crippen molar-refractivity contribution in [2.24, 2.45) is 11.8 Å². The summed E-state index contributed by atoms with van der Waals surface area (Å²) >= 11 is 0. The van der Waals surface area contributed by atoms with E-state index in [1.165, 1.54) is 25.9 Å². The van der Waals surface area contributed by atoms with Crippen molar-refractivity contribution in [2.75, 3.05) is 26.7 Å². The number of rotatable bonds is 2. The van der Waals surface area contributed by atoms with Crippen LogP contribution in [0.5, 0.6) is 0 Å². The number of Topliss-reactive ketones (excluding diaryl/α,β-unsaturated/α-hetero) is 1. The Morgan fingerprint density at radius 2 is 2.00 bits per heavy atom. The zero-order chi connectivity index (χ0) is 11.3. The Labute approximate surface area is 97.8 Å². The Bertz CT molecular complexity index is 296. The molecule has 0 aromatic carbocycles. The van der Waals surface area contributed by atoms with Gasteiger partial charge in [-0.1, -0.05) is 6.92 Å². The second kappa shape index (κ2) is 3.81. The van der Waals surface area contributed by atoms with Gasteiger partial charge >= 0.3 is 0 Å². The fourth-order valence-electron chi connectivity index (χ4n) is 4.24. The minimum absolute atomic E-state index is 0.193. The zero-order valence-corrected chi connectivity index (χ0v) is 10.4. The number of carbonyl (C=O) groups excluding carboxylic acids is 1. The van der Waals surface area contributed by atoms with Gasteiger partial charge in [-0.05, 0) is 44.8 Å². The van der Waals surface area contributed by atoms with Gasteiger partial charge in [0, 0.05) is 19.0 Å². The summed E-state index contributed by atoms with van der Waals surface area (Å²) in [6, 6.07) is 0.739. The van der Waals surface area contributed by atoms with Crippen LogP contribution in [0.25, 0.3) is 0 Å². The summed E-state index contributed by atoms with van der Waals surface area (Å²) in [5, 5.41) is 0. The maximum atomic E-state index is 12.1. The first-order chi connectivity index (χ1) is 7.72. The van der Waals surface area contributed by atoms with Crippen molar-refractivity contribution in [2.45, 2.75) is 38.3 Å². The minimum Gasteiger partial charge on any atom is -0.298 e. The molecule has 4 aliphatic rings. The van der Waals surface area contributed by atoms with Crippen LogP contribution in [0.15, 0.2) is 0 Å². The number of ketones is 1. The van der Waals surface area contributed by atoms with E-state index in [0.29, 0.717) is 18.2 Å². The fourth-order valence-corrected chi connectivity index (χ4v) is 4.24. The summed E-state index contributed by atoms with van der Waals surface area (Å²) in [4.78, 5) is 17.0. The number of piperidine rings is 3. The van der Waals surface area contributed by atoms with Crippen LogP contribution < -0.4 is 0 Å². The highest BCUT2D eigenvalue weighted by molar-refractivity contribution is 5.85. The second-order valence-electron chi connectivity index (χ2n) is 5.73. The molecule has 0 amide bonds. The normalized spacial score (nSPS) is 47.0. The summed E-state index contributed by atoms with van der Waals surface area (Å²) < 4.78 is 0. The van der Waals surface area contributed by atoms with Crippen molar-refractivity contribution >= 4 is 5.78 Å². The molecule has 2 bridgehead atoms. The van der Waals surface area contributed by atoms with Crippen molar-refractivity contribution in [1.29, 1.82) is 0 Å². The molecule has 0 spiro atoms. The van der Waals surface area contributed by atoms with E-state index in [0.717, 1.165) is 18.4 Å². The number of likely N-dealkylation sites (N-methyl/N-ethyl adjacent to an activating group) is 1. The Kier molecular flexibility index (Phi) is 2.55. The van der Waals surface area contributed by atoms with Crippen LogP contribution in [0.1, 0.15) is 26.2 Å². The highest BCUT2D eigenvalue weighted by atomic mass is 16.1. The largest absolute Gasteiger partial charge is 0.298 e. The Morgan fingerprint density at radius 3 is 2.62 bits per heavy atom. The predicted molar refractivity (Wildman–Crippen MR) is 63.3 cm³/mol. The highest BCUT2D eigenvalue weighted by Crippen LogP contribution is 2.43. The molecule has 0 saturated carbocycles. The van der Waals surface area contributed by atoms with Gasteiger partial charge in [0.25, 0.3) is 0 Å². The van der Waals surface area contributed by atoms with Crippen molar-refractivity contribution < 1.29 is 4.79 Å². The number of hydrogen-bond acceptors (Lipinski definition) is 3. The third-order valence-corrected chi connectivity index (χ3v) is 5.02. The van der Waals surface area contributed by atoms with E-state index in [4.69, 9.17) is 0 Å². The molecule has 3 atom stereocenters. The summed E-state index contributed by atoms with van der Waals surface area (Å²) in [5.41, 5.74) is 0. The Hall–Kier alpha value is -0.410. The monoisotopic (exact) mass is 222 g/mol. The van der Waals surface area contributed by atoms with Crippen molar-refractivity contribution in [3.05, 3.63) is 0 Å². The van der Waals surface area contributed by atoms with Gasteiger partial charge in [-0.2, -0.15) is 0 Å². The first kappa shape index (κ1) is 10.7. The van der Waals surface area contributed by atoms with Gasteiger partial charge in [0.15, 0.2) is 5.78 Å². The van der Waals surface area contributed by atoms with Crippen LogP contribution in [0, 0.1) is 11.8 Å². The lowest BCUT2D eigenvalue weighted by Crippen LogP contribution is -2.58. The lowest BCUT2D eigenvalue weighted by molar-refractivity contribution is -0.125. The minimum atomic E-state index is 0.193. The predicted octanol–water partition coefficient (Wildman–Crippen LogP) is 0.990. The van der Waals surface area contributed by atoms with E-state index in [9.17, 15) is 4.79 Å². The van der Waals surface area contributed by atoms with E-state index in [1.807, 2.05) is 6.92 Å². The van der Waals surface area contributed by atoms with E-state index < -0.39 is 0 Å². The molecule has 0 aromatic rings. The van der Waals surface area contributed by atoms with Crippen LogP contribution >= 0.6 is 0 Å². The van der Waals surface area contributed by atoms with Crippen LogP contribution in [0.3, 0.4) is 0 Å². The van der Waals surface area contributed by atoms with E-state index in [2.05, 4.69) is 16.8 Å². The van der Waals surface area contributed by atoms with Crippen LogP contribution in [0.2, 0.25) is 0 Å². The number of likely N-dealkylation sites (tertiary alicyclic amines) is 1. The molecule has 3 unspecified atom stereocenters. The SMILES string of the molecule is CCC(=O)C1C2C(CN1C)C1CCN2CC1. The molecule has 4 saturated heterocycles. The number of nitrogens with zero attached hydrogens (tertiary/aromatic N) is 2. The molecular formula is C13H22N2O. The molecule has 4 rings (SSSR count). The molecule has 16 heavy (non-hydrogen) atoms. The fraction of sp³-hybridized carbons (Fsp3) is 0.923. The molecule has 4 fully saturated rings. The number of carbonyl (C=O) groups is 1. The molecule has 0 radical (unpaired) electrons. The Balaban J connectivity index is 1.88. The lowest BCUT2D eigenvalue weighted by Gasteiger charge is -2.49. The molecule has 4 heterocycles. The van der Waals surface area contributed by atoms with Crippen molar-refractivity contribution in [3.8, 4) is 0 Å². The van der Waals surface area contributed by atoms with E-state index in [1.54, 1.807) is 0 Å². The molecular weight excluding hydrogens is 200 g/mol. The van der Waals surface area contributed by atoms with Gasteiger partial charge in [-0.15, -0.1) is 0 Å². The van der Waals surface area contributed by atoms with E-state index in [-0.39, 0.29) is 6.04 Å². The molecule has 3 nitrogen and oxygen atoms in total. The average molecular weight is 222 g/mol. The molecule has 4 aliphatic heterocycles. The first-order valence-electron chi connectivity index (χ1n) is 6.69. The van der Waals surface area contributed by atoms with Crippen molar-refractivity contribution in [1.82, 2.24) is 9.80 Å². The zero-order valence-electron chi connectivity index (χ0n) is 10.4. The highest BCUT2D eigenvalue weighted by Gasteiger charge is 2.52. The summed E-state index contributed by atoms with van der Waals surface area (Å²) in [7, 11) is 2.14. The maximum Gasteiger partial charge on any atom is 0.151 e.